The number of amides is 1. The van der Waals surface area contributed by atoms with Gasteiger partial charge in [0.25, 0.3) is 5.91 Å². The molecule has 140 valence electrons. The Balaban J connectivity index is 1.67. The number of carbonyl (C=O) groups excluding carboxylic acids is 1. The van der Waals surface area contributed by atoms with Gasteiger partial charge in [-0.05, 0) is 48.9 Å². The van der Waals surface area contributed by atoms with Crippen molar-refractivity contribution < 1.29 is 9.53 Å². The number of hydrogen-bond acceptors (Lipinski definition) is 5. The van der Waals surface area contributed by atoms with E-state index in [9.17, 15) is 4.79 Å². The molecule has 27 heavy (non-hydrogen) atoms. The first-order valence-corrected chi connectivity index (χ1v) is 10.9. The maximum Gasteiger partial charge on any atom is 0.252 e. The molecule has 1 aromatic carbocycles. The molecular formula is C20H19ClN2O2S2. The lowest BCUT2D eigenvalue weighted by Crippen LogP contribution is -2.36. The van der Waals surface area contributed by atoms with Crippen LogP contribution in [0.4, 0.5) is 5.13 Å². The fourth-order valence-electron chi connectivity index (χ4n) is 3.09. The number of aromatic nitrogens is 1. The molecule has 0 N–H and O–H groups in total. The summed E-state index contributed by atoms with van der Waals surface area (Å²) in [5.74, 6) is -0.0910. The van der Waals surface area contributed by atoms with Crippen LogP contribution in [-0.2, 0) is 9.53 Å². The van der Waals surface area contributed by atoms with Crippen LogP contribution in [0.15, 0.2) is 35.7 Å². The van der Waals surface area contributed by atoms with Crippen molar-refractivity contribution >= 4 is 61.6 Å². The van der Waals surface area contributed by atoms with Crippen LogP contribution in [0.3, 0.4) is 0 Å². The Morgan fingerprint density at radius 1 is 1.44 bits per heavy atom. The largest absolute Gasteiger partial charge is 0.376 e. The number of nitrogens with zero attached hydrogens (tertiary/aromatic N) is 2. The smallest absolute Gasteiger partial charge is 0.252 e. The lowest BCUT2D eigenvalue weighted by Gasteiger charge is -2.21. The van der Waals surface area contributed by atoms with Gasteiger partial charge >= 0.3 is 0 Å². The highest BCUT2D eigenvalue weighted by Crippen LogP contribution is 2.36. The zero-order valence-corrected chi connectivity index (χ0v) is 17.2. The monoisotopic (exact) mass is 418 g/mol. The number of hydrogen-bond donors (Lipinski definition) is 0. The molecule has 7 heteroatoms. The van der Waals surface area contributed by atoms with Gasteiger partial charge in [-0.25, -0.2) is 4.98 Å². The van der Waals surface area contributed by atoms with Gasteiger partial charge in [-0.3, -0.25) is 9.69 Å². The first-order valence-electron chi connectivity index (χ1n) is 8.82. The Morgan fingerprint density at radius 3 is 3.04 bits per heavy atom. The van der Waals surface area contributed by atoms with Crippen LogP contribution < -0.4 is 4.90 Å². The predicted octanol–water partition coefficient (Wildman–Crippen LogP) is 5.55. The van der Waals surface area contributed by atoms with Crippen molar-refractivity contribution in [2.75, 3.05) is 18.1 Å². The minimum absolute atomic E-state index is 0.0488. The molecule has 3 aromatic rings. The summed E-state index contributed by atoms with van der Waals surface area (Å²) in [5.41, 5.74) is 1.91. The van der Waals surface area contributed by atoms with Crippen LogP contribution in [0.5, 0.6) is 0 Å². The zero-order valence-electron chi connectivity index (χ0n) is 14.9. The first-order chi connectivity index (χ1) is 13.1. The topological polar surface area (TPSA) is 42.4 Å². The van der Waals surface area contributed by atoms with E-state index >= 15 is 0 Å². The molecule has 0 saturated carbocycles. The lowest BCUT2D eigenvalue weighted by molar-refractivity contribution is -0.114. The van der Waals surface area contributed by atoms with E-state index in [1.807, 2.05) is 42.6 Å². The predicted molar refractivity (Wildman–Crippen MR) is 114 cm³/mol. The molecule has 1 unspecified atom stereocenters. The average Bonchev–Trinajstić information content (AvgIpc) is 3.42. The van der Waals surface area contributed by atoms with Crippen LogP contribution in [0, 0.1) is 6.92 Å². The number of thiazole rings is 1. The molecule has 0 aliphatic carbocycles. The second-order valence-corrected chi connectivity index (χ2v) is 8.84. The van der Waals surface area contributed by atoms with Crippen LogP contribution in [0.1, 0.15) is 23.3 Å². The maximum absolute atomic E-state index is 13.0. The van der Waals surface area contributed by atoms with E-state index in [1.54, 1.807) is 22.3 Å². The fraction of sp³-hybridized carbons (Fsp3) is 0.300. The van der Waals surface area contributed by atoms with Gasteiger partial charge in [0.1, 0.15) is 0 Å². The molecular weight excluding hydrogens is 400 g/mol. The molecule has 1 aliphatic rings. The van der Waals surface area contributed by atoms with E-state index in [0.29, 0.717) is 16.7 Å². The molecule has 1 fully saturated rings. The van der Waals surface area contributed by atoms with Crippen molar-refractivity contribution in [1.82, 2.24) is 4.98 Å². The molecule has 1 saturated heterocycles. The Kier molecular flexibility index (Phi) is 5.59. The van der Waals surface area contributed by atoms with Gasteiger partial charge in [0.15, 0.2) is 5.13 Å². The quantitative estimate of drug-likeness (QED) is 0.510. The van der Waals surface area contributed by atoms with Gasteiger partial charge < -0.3 is 4.74 Å². The van der Waals surface area contributed by atoms with E-state index in [0.717, 1.165) is 40.1 Å². The third kappa shape index (κ3) is 4.09. The molecule has 3 heterocycles. The van der Waals surface area contributed by atoms with E-state index in [2.05, 4.69) is 0 Å². The van der Waals surface area contributed by atoms with Crippen molar-refractivity contribution in [2.45, 2.75) is 25.9 Å². The molecule has 1 aliphatic heterocycles. The number of carbonyl (C=O) groups is 1. The van der Waals surface area contributed by atoms with Crippen LogP contribution in [0.25, 0.3) is 16.3 Å². The first kappa shape index (κ1) is 18.6. The average molecular weight is 419 g/mol. The molecule has 4 rings (SSSR count). The van der Waals surface area contributed by atoms with Crippen molar-refractivity contribution in [3.63, 3.8) is 0 Å². The number of aryl methyl sites for hydroxylation is 1. The molecule has 0 spiro atoms. The summed E-state index contributed by atoms with van der Waals surface area (Å²) in [7, 11) is 0. The molecule has 0 radical (unpaired) electrons. The highest BCUT2D eigenvalue weighted by Gasteiger charge is 2.25. The van der Waals surface area contributed by atoms with E-state index < -0.39 is 0 Å². The van der Waals surface area contributed by atoms with Crippen LogP contribution in [0.2, 0.25) is 5.02 Å². The van der Waals surface area contributed by atoms with Crippen molar-refractivity contribution in [3.05, 3.63) is 51.2 Å². The second-order valence-electron chi connectivity index (χ2n) is 6.47. The molecule has 4 nitrogen and oxygen atoms in total. The van der Waals surface area contributed by atoms with Crippen LogP contribution >= 0.6 is 34.3 Å². The summed E-state index contributed by atoms with van der Waals surface area (Å²) in [4.78, 5) is 20.5. The Labute approximate surface area is 171 Å². The van der Waals surface area contributed by atoms with Crippen LogP contribution in [-0.4, -0.2) is 30.1 Å². The highest BCUT2D eigenvalue weighted by molar-refractivity contribution is 7.23. The molecule has 1 atom stereocenters. The molecule has 0 bridgehead atoms. The van der Waals surface area contributed by atoms with Gasteiger partial charge in [0, 0.05) is 17.6 Å². The Hall–Kier alpha value is -1.73. The summed E-state index contributed by atoms with van der Waals surface area (Å²) < 4.78 is 6.68. The third-order valence-electron chi connectivity index (χ3n) is 4.53. The molecule has 1 amide bonds. The van der Waals surface area contributed by atoms with Crippen molar-refractivity contribution in [2.24, 2.45) is 0 Å². The number of halogens is 1. The van der Waals surface area contributed by atoms with Crippen molar-refractivity contribution in [1.29, 1.82) is 0 Å². The number of fused-ring (bicyclic) bond motifs is 1. The Bertz CT molecular complexity index is 936. The normalized spacial score (nSPS) is 17.2. The minimum atomic E-state index is -0.0910. The Morgan fingerprint density at radius 2 is 2.33 bits per heavy atom. The standard InChI is InChI=1S/C20H19ClN2O2S2/c1-13-6-8-16(21)19-18(13)22-20(27-19)23(12-14-4-2-10-25-14)17(24)9-7-15-5-3-11-26-15/h3,5-9,11,14H,2,4,10,12H2,1H3/b9-7+. The van der Waals surface area contributed by atoms with E-state index in [4.69, 9.17) is 21.3 Å². The van der Waals surface area contributed by atoms with Gasteiger partial charge in [-0.1, -0.05) is 35.1 Å². The van der Waals surface area contributed by atoms with Gasteiger partial charge in [-0.15, -0.1) is 11.3 Å². The summed E-state index contributed by atoms with van der Waals surface area (Å²) in [6.45, 7) is 3.26. The number of rotatable bonds is 5. The fourth-order valence-corrected chi connectivity index (χ4v) is 5.04. The van der Waals surface area contributed by atoms with Gasteiger partial charge in [0.05, 0.1) is 27.9 Å². The SMILES string of the molecule is Cc1ccc(Cl)c2sc(N(CC3CCCO3)C(=O)/C=C/c3cccs3)nc12. The summed E-state index contributed by atoms with van der Waals surface area (Å²) in [6.07, 6.45) is 5.50. The summed E-state index contributed by atoms with van der Waals surface area (Å²) in [5, 5.41) is 3.32. The van der Waals surface area contributed by atoms with E-state index in [-0.39, 0.29) is 12.0 Å². The lowest BCUT2D eigenvalue weighted by atomic mass is 10.2. The molecule has 2 aromatic heterocycles. The second kappa shape index (κ2) is 8.10. The highest BCUT2D eigenvalue weighted by atomic mass is 35.5. The minimum Gasteiger partial charge on any atom is -0.376 e. The van der Waals surface area contributed by atoms with E-state index in [1.165, 1.54) is 11.3 Å². The van der Waals surface area contributed by atoms with Crippen molar-refractivity contribution in [3.8, 4) is 0 Å². The number of benzene rings is 1. The zero-order chi connectivity index (χ0) is 18.8. The number of thiophene rings is 1. The number of anilines is 1. The summed E-state index contributed by atoms with van der Waals surface area (Å²) in [6, 6.07) is 7.79. The summed E-state index contributed by atoms with van der Waals surface area (Å²) >= 11 is 9.41. The number of ether oxygens (including phenoxy) is 1. The van der Waals surface area contributed by atoms with Gasteiger partial charge in [0.2, 0.25) is 0 Å². The maximum atomic E-state index is 13.0. The third-order valence-corrected chi connectivity index (χ3v) is 6.90. The van der Waals surface area contributed by atoms with Gasteiger partial charge in [-0.2, -0.15) is 0 Å².